The zero-order chi connectivity index (χ0) is 13.7. The van der Waals surface area contributed by atoms with Gasteiger partial charge >= 0.3 is 0 Å². The monoisotopic (exact) mass is 302 g/mol. The molecule has 4 rings (SSSR count). The topological polar surface area (TPSA) is 35.8 Å². The molecule has 2 aliphatic rings. The third kappa shape index (κ3) is 1.74. The molecule has 0 saturated heterocycles. The second kappa shape index (κ2) is 4.62. The fourth-order valence-electron chi connectivity index (χ4n) is 2.84. The lowest BCUT2D eigenvalue weighted by Gasteiger charge is -2.18. The van der Waals surface area contributed by atoms with Crippen LogP contribution in [0, 0.1) is 6.92 Å². The van der Waals surface area contributed by atoms with Crippen molar-refractivity contribution < 1.29 is 5.11 Å². The number of thioether (sulfide) groups is 1. The Balaban J connectivity index is 1.97. The molecule has 1 aromatic heterocycles. The lowest BCUT2D eigenvalue weighted by Crippen LogP contribution is -2.20. The Morgan fingerprint density at radius 1 is 1.40 bits per heavy atom. The summed E-state index contributed by atoms with van der Waals surface area (Å²) in [5, 5.41) is 14.1. The fraction of sp³-hybridized carbons (Fsp3) is 0.267. The van der Waals surface area contributed by atoms with Gasteiger partial charge in [-0.1, -0.05) is 11.8 Å². The average molecular weight is 302 g/mol. The first-order valence-corrected chi connectivity index (χ1v) is 8.29. The molecular formula is C15H14N2OS2. The van der Waals surface area contributed by atoms with E-state index in [0.717, 1.165) is 28.9 Å². The first-order valence-electron chi connectivity index (χ1n) is 6.60. The van der Waals surface area contributed by atoms with Crippen LogP contribution >= 0.6 is 23.1 Å². The molecule has 0 radical (unpaired) electrons. The number of hydrogen-bond acceptors (Lipinski definition) is 5. The van der Waals surface area contributed by atoms with E-state index in [-0.39, 0.29) is 6.61 Å². The molecule has 20 heavy (non-hydrogen) atoms. The SMILES string of the molecule is Cc1cc(C2=C(CO)SC3=NCCN32)c2ccsc2c1. The molecular weight excluding hydrogens is 288 g/mol. The summed E-state index contributed by atoms with van der Waals surface area (Å²) >= 11 is 3.38. The van der Waals surface area contributed by atoms with Gasteiger partial charge in [-0.15, -0.1) is 11.3 Å². The van der Waals surface area contributed by atoms with Crippen LogP contribution in [-0.2, 0) is 0 Å². The van der Waals surface area contributed by atoms with E-state index in [1.54, 1.807) is 23.1 Å². The Bertz CT molecular complexity index is 760. The molecule has 0 amide bonds. The van der Waals surface area contributed by atoms with Gasteiger partial charge in [0.1, 0.15) is 0 Å². The normalized spacial score (nSPS) is 18.1. The molecule has 0 bridgehead atoms. The Morgan fingerprint density at radius 3 is 3.15 bits per heavy atom. The summed E-state index contributed by atoms with van der Waals surface area (Å²) in [7, 11) is 0. The third-order valence-corrected chi connectivity index (χ3v) is 5.63. The molecule has 3 nitrogen and oxygen atoms in total. The van der Waals surface area contributed by atoms with E-state index >= 15 is 0 Å². The highest BCUT2D eigenvalue weighted by atomic mass is 32.2. The second-order valence-corrected chi connectivity index (χ2v) is 7.00. The molecule has 5 heteroatoms. The number of amidine groups is 1. The number of fused-ring (bicyclic) bond motifs is 2. The van der Waals surface area contributed by atoms with Crippen molar-refractivity contribution in [2.75, 3.05) is 19.7 Å². The maximum atomic E-state index is 9.69. The molecule has 0 aliphatic carbocycles. The van der Waals surface area contributed by atoms with Crippen molar-refractivity contribution in [3.8, 4) is 0 Å². The van der Waals surface area contributed by atoms with Crippen molar-refractivity contribution >= 4 is 44.0 Å². The number of benzene rings is 1. The van der Waals surface area contributed by atoms with E-state index in [2.05, 4.69) is 40.4 Å². The van der Waals surface area contributed by atoms with Gasteiger partial charge in [0.05, 0.1) is 18.8 Å². The van der Waals surface area contributed by atoms with Crippen LogP contribution in [0.2, 0.25) is 0 Å². The van der Waals surface area contributed by atoms with Gasteiger partial charge in [-0.3, -0.25) is 4.99 Å². The number of nitrogens with zero attached hydrogens (tertiary/aromatic N) is 2. The molecule has 0 fully saturated rings. The lowest BCUT2D eigenvalue weighted by molar-refractivity contribution is 0.339. The number of thiophene rings is 1. The molecule has 0 unspecified atom stereocenters. The van der Waals surface area contributed by atoms with E-state index < -0.39 is 0 Å². The zero-order valence-corrected chi connectivity index (χ0v) is 12.7. The van der Waals surface area contributed by atoms with Gasteiger partial charge in [0.15, 0.2) is 5.17 Å². The van der Waals surface area contributed by atoms with Crippen molar-refractivity contribution in [2.24, 2.45) is 4.99 Å². The van der Waals surface area contributed by atoms with Crippen LogP contribution in [-0.4, -0.2) is 34.9 Å². The van der Waals surface area contributed by atoms with Crippen LogP contribution in [0.15, 0.2) is 33.5 Å². The Morgan fingerprint density at radius 2 is 2.30 bits per heavy atom. The highest BCUT2D eigenvalue weighted by molar-refractivity contribution is 8.17. The Kier molecular flexibility index (Phi) is 2.87. The number of hydrogen-bond donors (Lipinski definition) is 1. The van der Waals surface area contributed by atoms with Crippen LogP contribution in [0.1, 0.15) is 11.1 Å². The van der Waals surface area contributed by atoms with E-state index in [9.17, 15) is 5.11 Å². The number of aliphatic hydroxyl groups is 1. The van der Waals surface area contributed by atoms with Crippen LogP contribution in [0.25, 0.3) is 15.8 Å². The molecule has 0 saturated carbocycles. The van der Waals surface area contributed by atoms with Gasteiger partial charge < -0.3 is 10.0 Å². The summed E-state index contributed by atoms with van der Waals surface area (Å²) in [5.74, 6) is 0. The first-order chi connectivity index (χ1) is 9.78. The van der Waals surface area contributed by atoms with Crippen LogP contribution in [0.3, 0.4) is 0 Å². The summed E-state index contributed by atoms with van der Waals surface area (Å²) < 4.78 is 1.30. The minimum atomic E-state index is 0.0785. The molecule has 0 atom stereocenters. The number of aryl methyl sites for hydroxylation is 1. The van der Waals surface area contributed by atoms with Crippen molar-refractivity contribution in [1.29, 1.82) is 0 Å². The van der Waals surface area contributed by atoms with Crippen molar-refractivity contribution in [2.45, 2.75) is 6.92 Å². The van der Waals surface area contributed by atoms with Gasteiger partial charge in [-0.05, 0) is 36.1 Å². The molecule has 1 aromatic carbocycles. The Hall–Kier alpha value is -1.30. The first kappa shape index (κ1) is 12.4. The van der Waals surface area contributed by atoms with Crippen molar-refractivity contribution in [3.05, 3.63) is 39.6 Å². The number of aliphatic hydroxyl groups excluding tert-OH is 1. The van der Waals surface area contributed by atoms with Gasteiger partial charge in [0.25, 0.3) is 0 Å². The largest absolute Gasteiger partial charge is 0.391 e. The minimum absolute atomic E-state index is 0.0785. The van der Waals surface area contributed by atoms with E-state index in [1.165, 1.54) is 21.2 Å². The van der Waals surface area contributed by atoms with Gasteiger partial charge in [0, 0.05) is 27.1 Å². The molecule has 2 aliphatic heterocycles. The minimum Gasteiger partial charge on any atom is -0.391 e. The predicted octanol–water partition coefficient (Wildman–Crippen LogP) is 3.29. The summed E-state index contributed by atoms with van der Waals surface area (Å²) in [4.78, 5) is 7.78. The predicted molar refractivity (Wildman–Crippen MR) is 87.2 cm³/mol. The standard InChI is InChI=1S/C15H14N2OS2/c1-9-6-11(10-2-5-19-12(10)7-9)14-13(8-18)20-15-16-3-4-17(14)15/h2,5-7,18H,3-4,8H2,1H3. The van der Waals surface area contributed by atoms with Crippen molar-refractivity contribution in [3.63, 3.8) is 0 Å². The second-order valence-electron chi connectivity index (χ2n) is 4.99. The quantitative estimate of drug-likeness (QED) is 0.924. The van der Waals surface area contributed by atoms with Crippen LogP contribution in [0.5, 0.6) is 0 Å². The summed E-state index contributed by atoms with van der Waals surface area (Å²) in [6.45, 7) is 3.97. The van der Waals surface area contributed by atoms with E-state index in [4.69, 9.17) is 0 Å². The maximum Gasteiger partial charge on any atom is 0.168 e. The van der Waals surface area contributed by atoms with E-state index in [1.807, 2.05) is 0 Å². The smallest absolute Gasteiger partial charge is 0.168 e. The summed E-state index contributed by atoms with van der Waals surface area (Å²) in [6, 6.07) is 6.62. The maximum absolute atomic E-state index is 9.69. The van der Waals surface area contributed by atoms with Gasteiger partial charge in [-0.25, -0.2) is 0 Å². The summed E-state index contributed by atoms with van der Waals surface area (Å²) in [5.41, 5.74) is 3.64. The van der Waals surface area contributed by atoms with E-state index in [0.29, 0.717) is 0 Å². The van der Waals surface area contributed by atoms with Gasteiger partial charge in [0.2, 0.25) is 0 Å². The molecule has 0 spiro atoms. The molecule has 1 N–H and O–H groups in total. The lowest BCUT2D eigenvalue weighted by atomic mass is 10.0. The van der Waals surface area contributed by atoms with Crippen LogP contribution < -0.4 is 0 Å². The molecule has 2 aromatic rings. The third-order valence-electron chi connectivity index (χ3n) is 3.66. The van der Waals surface area contributed by atoms with Gasteiger partial charge in [-0.2, -0.15) is 0 Å². The fourth-order valence-corrected chi connectivity index (χ4v) is 4.80. The number of aliphatic imine (C=N–C) groups is 1. The van der Waals surface area contributed by atoms with Crippen LogP contribution in [0.4, 0.5) is 0 Å². The molecule has 102 valence electrons. The highest BCUT2D eigenvalue weighted by Gasteiger charge is 2.33. The average Bonchev–Trinajstić information content (AvgIpc) is 3.11. The molecule has 3 heterocycles. The van der Waals surface area contributed by atoms with Crippen molar-refractivity contribution in [1.82, 2.24) is 4.90 Å². The Labute approximate surface area is 125 Å². The number of rotatable bonds is 2. The zero-order valence-electron chi connectivity index (χ0n) is 11.1. The summed E-state index contributed by atoms with van der Waals surface area (Å²) in [6.07, 6.45) is 0. The highest BCUT2D eigenvalue weighted by Crippen LogP contribution is 2.44.